The lowest BCUT2D eigenvalue weighted by Gasteiger charge is -2.09. The number of esters is 1. The van der Waals surface area contributed by atoms with E-state index in [2.05, 4.69) is 10.1 Å². The van der Waals surface area contributed by atoms with Crippen molar-refractivity contribution >= 4 is 17.6 Å². The minimum absolute atomic E-state index is 0.221. The lowest BCUT2D eigenvalue weighted by molar-refractivity contribution is -0.120. The summed E-state index contributed by atoms with van der Waals surface area (Å²) >= 11 is 0. The number of carbonyl (C=O) groups excluding carboxylic acids is 2. The Bertz CT molecular complexity index is 558. The van der Waals surface area contributed by atoms with Crippen molar-refractivity contribution < 1.29 is 27.8 Å². The molecule has 1 saturated carbocycles. The number of rotatable bonds is 6. The fourth-order valence-corrected chi connectivity index (χ4v) is 1.70. The standard InChI is InChI=1S/C14H15F2NO4/c1-20-14(19)9-4-12(11(16)5-10(9)15)17-13(18)7-21-6-8-2-3-8/h4-5,8H,2-3,6-7H2,1H3,(H,17,18). The summed E-state index contributed by atoms with van der Waals surface area (Å²) in [4.78, 5) is 22.9. The summed E-state index contributed by atoms with van der Waals surface area (Å²) in [7, 11) is 1.08. The normalized spacial score (nSPS) is 13.9. The molecule has 7 heteroatoms. The average molecular weight is 299 g/mol. The van der Waals surface area contributed by atoms with Gasteiger partial charge < -0.3 is 14.8 Å². The van der Waals surface area contributed by atoms with Crippen molar-refractivity contribution in [3.63, 3.8) is 0 Å². The van der Waals surface area contributed by atoms with Crippen LogP contribution >= 0.6 is 0 Å². The Labute approximate surface area is 120 Å². The first-order valence-corrected chi connectivity index (χ1v) is 6.46. The van der Waals surface area contributed by atoms with E-state index in [0.717, 1.165) is 26.0 Å². The summed E-state index contributed by atoms with van der Waals surface area (Å²) in [6, 6.07) is 1.42. The third-order valence-electron chi connectivity index (χ3n) is 3.02. The van der Waals surface area contributed by atoms with E-state index in [-0.39, 0.29) is 12.3 Å². The van der Waals surface area contributed by atoms with Gasteiger partial charge in [0.2, 0.25) is 5.91 Å². The average Bonchev–Trinajstić information content (AvgIpc) is 3.25. The van der Waals surface area contributed by atoms with Gasteiger partial charge in [0.25, 0.3) is 0 Å². The molecular weight excluding hydrogens is 284 g/mol. The molecule has 1 aromatic rings. The third kappa shape index (κ3) is 4.22. The minimum Gasteiger partial charge on any atom is -0.465 e. The van der Waals surface area contributed by atoms with Crippen LogP contribution in [-0.4, -0.2) is 32.2 Å². The third-order valence-corrected chi connectivity index (χ3v) is 3.02. The van der Waals surface area contributed by atoms with E-state index in [0.29, 0.717) is 18.6 Å². The molecule has 1 aromatic carbocycles. The van der Waals surface area contributed by atoms with Crippen LogP contribution in [0.25, 0.3) is 0 Å². The Morgan fingerprint density at radius 1 is 1.29 bits per heavy atom. The molecule has 0 atom stereocenters. The van der Waals surface area contributed by atoms with Crippen LogP contribution in [0.15, 0.2) is 12.1 Å². The number of halogens is 2. The van der Waals surface area contributed by atoms with Gasteiger partial charge in [0.1, 0.15) is 18.2 Å². The Hall–Kier alpha value is -2.02. The molecule has 1 aliphatic rings. The maximum atomic E-state index is 13.6. The molecular formula is C14H15F2NO4. The molecule has 2 rings (SSSR count). The predicted octanol–water partition coefficient (Wildman–Crippen LogP) is 2.12. The fraction of sp³-hybridized carbons (Fsp3) is 0.429. The van der Waals surface area contributed by atoms with Gasteiger partial charge in [-0.15, -0.1) is 0 Å². The number of amides is 1. The second-order valence-electron chi connectivity index (χ2n) is 4.81. The van der Waals surface area contributed by atoms with Crippen molar-refractivity contribution in [2.75, 3.05) is 25.6 Å². The fourth-order valence-electron chi connectivity index (χ4n) is 1.70. The van der Waals surface area contributed by atoms with E-state index in [4.69, 9.17) is 4.74 Å². The number of hydrogen-bond acceptors (Lipinski definition) is 4. The number of benzene rings is 1. The van der Waals surface area contributed by atoms with Gasteiger partial charge in [0, 0.05) is 6.07 Å². The largest absolute Gasteiger partial charge is 0.465 e. The maximum absolute atomic E-state index is 13.6. The van der Waals surface area contributed by atoms with Gasteiger partial charge in [-0.05, 0) is 24.8 Å². The number of ether oxygens (including phenoxy) is 2. The SMILES string of the molecule is COC(=O)c1cc(NC(=O)COCC2CC2)c(F)cc1F. The molecule has 0 unspecified atom stereocenters. The summed E-state index contributed by atoms with van der Waals surface area (Å²) in [6.45, 7) is 0.271. The van der Waals surface area contributed by atoms with Gasteiger partial charge in [-0.25, -0.2) is 13.6 Å². The molecule has 1 fully saturated rings. The highest BCUT2D eigenvalue weighted by atomic mass is 19.1. The summed E-state index contributed by atoms with van der Waals surface area (Å²) in [5, 5.41) is 2.24. The van der Waals surface area contributed by atoms with Gasteiger partial charge in [0.05, 0.1) is 25.0 Å². The second kappa shape index (κ2) is 6.62. The molecule has 0 bridgehead atoms. The smallest absolute Gasteiger partial charge is 0.340 e. The van der Waals surface area contributed by atoms with Gasteiger partial charge in [-0.1, -0.05) is 0 Å². The summed E-state index contributed by atoms with van der Waals surface area (Å²) in [5.74, 6) is -3.05. The highest BCUT2D eigenvalue weighted by Gasteiger charge is 2.22. The summed E-state index contributed by atoms with van der Waals surface area (Å²) in [6.07, 6.45) is 2.19. The van der Waals surface area contributed by atoms with Crippen molar-refractivity contribution in [2.45, 2.75) is 12.8 Å². The van der Waals surface area contributed by atoms with Crippen LogP contribution in [0, 0.1) is 17.6 Å². The molecule has 0 aliphatic heterocycles. The molecule has 0 heterocycles. The quantitative estimate of drug-likeness (QED) is 0.817. The van der Waals surface area contributed by atoms with E-state index in [1.54, 1.807) is 0 Å². The number of methoxy groups -OCH3 is 1. The predicted molar refractivity (Wildman–Crippen MR) is 69.9 cm³/mol. The van der Waals surface area contributed by atoms with Crippen molar-refractivity contribution in [3.05, 3.63) is 29.3 Å². The van der Waals surface area contributed by atoms with Gasteiger partial charge in [0.15, 0.2) is 0 Å². The highest BCUT2D eigenvalue weighted by Crippen LogP contribution is 2.28. The number of carbonyl (C=O) groups is 2. The van der Waals surface area contributed by atoms with Crippen molar-refractivity contribution in [1.29, 1.82) is 0 Å². The van der Waals surface area contributed by atoms with E-state index in [1.165, 1.54) is 0 Å². The molecule has 21 heavy (non-hydrogen) atoms. The van der Waals surface area contributed by atoms with E-state index < -0.39 is 29.1 Å². The molecule has 0 saturated heterocycles. The number of hydrogen-bond donors (Lipinski definition) is 1. The first kappa shape index (κ1) is 15.4. The van der Waals surface area contributed by atoms with E-state index in [9.17, 15) is 18.4 Å². The van der Waals surface area contributed by atoms with Crippen LogP contribution in [0.1, 0.15) is 23.2 Å². The molecule has 0 aromatic heterocycles. The van der Waals surface area contributed by atoms with Crippen molar-refractivity contribution in [3.8, 4) is 0 Å². The van der Waals surface area contributed by atoms with Crippen LogP contribution in [0.4, 0.5) is 14.5 Å². The monoisotopic (exact) mass is 299 g/mol. The first-order valence-electron chi connectivity index (χ1n) is 6.46. The second-order valence-corrected chi connectivity index (χ2v) is 4.81. The molecule has 1 N–H and O–H groups in total. The Kier molecular flexibility index (Phi) is 4.85. The van der Waals surface area contributed by atoms with Gasteiger partial charge in [-0.3, -0.25) is 4.79 Å². The van der Waals surface area contributed by atoms with Crippen LogP contribution in [0.3, 0.4) is 0 Å². The molecule has 0 spiro atoms. The minimum atomic E-state index is -1.05. The molecule has 114 valence electrons. The number of anilines is 1. The van der Waals surface area contributed by atoms with Gasteiger partial charge >= 0.3 is 5.97 Å². The summed E-state index contributed by atoms with van der Waals surface area (Å²) in [5.41, 5.74) is -0.745. The zero-order chi connectivity index (χ0) is 15.4. The van der Waals surface area contributed by atoms with Crippen molar-refractivity contribution in [1.82, 2.24) is 0 Å². The number of nitrogens with one attached hydrogen (secondary N) is 1. The van der Waals surface area contributed by atoms with Crippen LogP contribution in [-0.2, 0) is 14.3 Å². The van der Waals surface area contributed by atoms with Crippen LogP contribution < -0.4 is 5.32 Å². The Balaban J connectivity index is 2.00. The van der Waals surface area contributed by atoms with Crippen LogP contribution in [0.5, 0.6) is 0 Å². The zero-order valence-electron chi connectivity index (χ0n) is 11.4. The first-order chi connectivity index (χ1) is 10.0. The molecule has 0 radical (unpaired) electrons. The lowest BCUT2D eigenvalue weighted by atomic mass is 10.1. The van der Waals surface area contributed by atoms with Crippen LogP contribution in [0.2, 0.25) is 0 Å². The maximum Gasteiger partial charge on any atom is 0.340 e. The molecule has 1 aliphatic carbocycles. The molecule has 5 nitrogen and oxygen atoms in total. The lowest BCUT2D eigenvalue weighted by Crippen LogP contribution is -2.20. The highest BCUT2D eigenvalue weighted by molar-refractivity contribution is 5.95. The topological polar surface area (TPSA) is 64.6 Å². The summed E-state index contributed by atoms with van der Waals surface area (Å²) < 4.78 is 36.5. The Morgan fingerprint density at radius 2 is 2.00 bits per heavy atom. The Morgan fingerprint density at radius 3 is 2.62 bits per heavy atom. The molecule has 1 amide bonds. The van der Waals surface area contributed by atoms with Crippen molar-refractivity contribution in [2.24, 2.45) is 5.92 Å². The zero-order valence-corrected chi connectivity index (χ0v) is 11.4. The van der Waals surface area contributed by atoms with Gasteiger partial charge in [-0.2, -0.15) is 0 Å². The van der Waals surface area contributed by atoms with E-state index >= 15 is 0 Å². The van der Waals surface area contributed by atoms with E-state index in [1.807, 2.05) is 0 Å².